The molecule has 8 nitrogen and oxygen atoms in total. The van der Waals surface area contributed by atoms with Gasteiger partial charge in [0.15, 0.2) is 0 Å². The molecule has 32 heavy (non-hydrogen) atoms. The van der Waals surface area contributed by atoms with Crippen LogP contribution in [0.1, 0.15) is 10.4 Å². The van der Waals surface area contributed by atoms with E-state index >= 15 is 0 Å². The maximum Gasteiger partial charge on any atom is 0.335 e. The van der Waals surface area contributed by atoms with Crippen LogP contribution in [0, 0.1) is 0 Å². The van der Waals surface area contributed by atoms with Gasteiger partial charge in [-0.05, 0) is 53.9 Å². The molecule has 0 bridgehead atoms. The fourth-order valence-corrected chi connectivity index (χ4v) is 5.69. The first-order chi connectivity index (χ1) is 15.4. The zero-order valence-electron chi connectivity index (χ0n) is 17.4. The van der Waals surface area contributed by atoms with Gasteiger partial charge in [0.2, 0.25) is 0 Å². The summed E-state index contributed by atoms with van der Waals surface area (Å²) >= 11 is 1.11. The number of anilines is 3. The second-order valence-corrected chi connectivity index (χ2v) is 10.1. The number of piperazine rings is 1. The van der Waals surface area contributed by atoms with Crippen LogP contribution in [0.15, 0.2) is 64.2 Å². The lowest BCUT2D eigenvalue weighted by Gasteiger charge is -2.38. The number of benzene rings is 2. The molecule has 0 unspecified atom stereocenters. The summed E-state index contributed by atoms with van der Waals surface area (Å²) in [5, 5.41) is 11.1. The highest BCUT2D eigenvalue weighted by Gasteiger charge is 2.24. The number of ether oxygens (including phenoxy) is 1. The van der Waals surface area contributed by atoms with Crippen molar-refractivity contribution in [3.05, 3.63) is 65.5 Å². The molecule has 0 atom stereocenters. The predicted octanol–water partition coefficient (Wildman–Crippen LogP) is 3.58. The standard InChI is InChI=1S/C22H23N3O5S2/c1-30-18-7-5-17(6-8-18)24-10-12-25(13-11-24)20-9-4-16(22(26)27)15-19(20)23-32(28,29)21-3-2-14-31-21/h2-9,14-15,23H,10-13H2,1H3,(H,26,27). The molecular formula is C22H23N3O5S2. The number of carbonyl (C=O) groups is 1. The van der Waals surface area contributed by atoms with E-state index in [1.807, 2.05) is 24.3 Å². The monoisotopic (exact) mass is 473 g/mol. The summed E-state index contributed by atoms with van der Waals surface area (Å²) in [6.07, 6.45) is 0. The third kappa shape index (κ3) is 4.66. The molecular weight excluding hydrogens is 450 g/mol. The van der Waals surface area contributed by atoms with Crippen molar-refractivity contribution < 1.29 is 23.1 Å². The molecule has 1 aromatic heterocycles. The van der Waals surface area contributed by atoms with Crippen LogP contribution < -0.4 is 19.3 Å². The predicted molar refractivity (Wildman–Crippen MR) is 126 cm³/mol. The van der Waals surface area contributed by atoms with Crippen LogP contribution in [0.5, 0.6) is 5.75 Å². The quantitative estimate of drug-likeness (QED) is 0.541. The second kappa shape index (κ2) is 9.09. The minimum atomic E-state index is -3.81. The number of nitrogens with one attached hydrogen (secondary N) is 1. The zero-order valence-corrected chi connectivity index (χ0v) is 19.0. The molecule has 10 heteroatoms. The van der Waals surface area contributed by atoms with E-state index in [4.69, 9.17) is 4.74 Å². The number of hydrogen-bond acceptors (Lipinski definition) is 7. The molecule has 2 heterocycles. The summed E-state index contributed by atoms with van der Waals surface area (Å²) in [6, 6.07) is 15.6. The smallest absolute Gasteiger partial charge is 0.335 e. The van der Waals surface area contributed by atoms with Gasteiger partial charge >= 0.3 is 5.97 Å². The number of rotatable bonds is 7. The molecule has 2 aromatic carbocycles. The van der Waals surface area contributed by atoms with Gasteiger partial charge in [-0.15, -0.1) is 11.3 Å². The summed E-state index contributed by atoms with van der Waals surface area (Å²) in [5.41, 5.74) is 2.03. The largest absolute Gasteiger partial charge is 0.497 e. The molecule has 2 N–H and O–H groups in total. The molecule has 4 rings (SSSR count). The number of nitrogens with zero attached hydrogens (tertiary/aromatic N) is 2. The van der Waals surface area contributed by atoms with Crippen LogP contribution in [0.25, 0.3) is 0 Å². The second-order valence-electron chi connectivity index (χ2n) is 7.25. The van der Waals surface area contributed by atoms with Gasteiger partial charge in [0.05, 0.1) is 24.0 Å². The number of methoxy groups -OCH3 is 1. The van der Waals surface area contributed by atoms with Crippen LogP contribution in [0.2, 0.25) is 0 Å². The summed E-state index contributed by atoms with van der Waals surface area (Å²) in [4.78, 5) is 15.8. The van der Waals surface area contributed by atoms with Crippen molar-refractivity contribution in [3.8, 4) is 5.75 Å². The number of thiophene rings is 1. The highest BCUT2D eigenvalue weighted by atomic mass is 32.2. The first kappa shape index (κ1) is 22.0. The fraction of sp³-hybridized carbons (Fsp3) is 0.227. The zero-order chi connectivity index (χ0) is 22.7. The van der Waals surface area contributed by atoms with E-state index in [0.717, 1.165) is 35.9 Å². The van der Waals surface area contributed by atoms with Crippen molar-refractivity contribution in [2.75, 3.05) is 47.8 Å². The van der Waals surface area contributed by atoms with Crippen molar-refractivity contribution in [3.63, 3.8) is 0 Å². The van der Waals surface area contributed by atoms with Crippen LogP contribution in [0.3, 0.4) is 0 Å². The number of carboxylic acids is 1. The SMILES string of the molecule is COc1ccc(N2CCN(c3ccc(C(=O)O)cc3NS(=O)(=O)c3cccs3)CC2)cc1. The van der Waals surface area contributed by atoms with Crippen LogP contribution >= 0.6 is 11.3 Å². The lowest BCUT2D eigenvalue weighted by atomic mass is 10.1. The van der Waals surface area contributed by atoms with Crippen molar-refractivity contribution in [1.82, 2.24) is 0 Å². The van der Waals surface area contributed by atoms with Crippen LogP contribution in [-0.4, -0.2) is 52.8 Å². The van der Waals surface area contributed by atoms with Crippen molar-refractivity contribution in [2.24, 2.45) is 0 Å². The molecule has 1 saturated heterocycles. The lowest BCUT2D eigenvalue weighted by molar-refractivity contribution is 0.0697. The topological polar surface area (TPSA) is 99.2 Å². The van der Waals surface area contributed by atoms with Gasteiger partial charge in [-0.25, -0.2) is 13.2 Å². The first-order valence-electron chi connectivity index (χ1n) is 9.95. The number of aromatic carboxylic acids is 1. The molecule has 0 amide bonds. The molecule has 1 fully saturated rings. The molecule has 0 saturated carbocycles. The maximum atomic E-state index is 12.8. The number of carboxylic acid groups (broad SMARTS) is 1. The molecule has 0 spiro atoms. The van der Waals surface area contributed by atoms with Gasteiger partial charge in [-0.2, -0.15) is 0 Å². The Labute approximate surface area is 190 Å². The minimum Gasteiger partial charge on any atom is -0.497 e. The first-order valence-corrected chi connectivity index (χ1v) is 12.3. The van der Waals surface area contributed by atoms with Crippen LogP contribution in [-0.2, 0) is 10.0 Å². The van der Waals surface area contributed by atoms with E-state index in [0.29, 0.717) is 18.8 Å². The van der Waals surface area contributed by atoms with E-state index in [9.17, 15) is 18.3 Å². The summed E-state index contributed by atoms with van der Waals surface area (Å²) in [6.45, 7) is 2.80. The van der Waals surface area contributed by atoms with Crippen LogP contribution in [0.4, 0.5) is 17.1 Å². The Kier molecular flexibility index (Phi) is 6.24. The number of sulfonamides is 1. The third-order valence-electron chi connectivity index (χ3n) is 5.31. The molecule has 1 aliphatic rings. The molecule has 3 aromatic rings. The summed E-state index contributed by atoms with van der Waals surface area (Å²) < 4.78 is 33.5. The minimum absolute atomic E-state index is 0.0227. The normalized spacial score (nSPS) is 14.3. The Hall–Kier alpha value is -3.24. The summed E-state index contributed by atoms with van der Waals surface area (Å²) in [5.74, 6) is -0.314. The Morgan fingerprint density at radius 3 is 2.31 bits per heavy atom. The van der Waals surface area contributed by atoms with E-state index in [1.165, 1.54) is 18.2 Å². The molecule has 1 aliphatic heterocycles. The van der Waals surface area contributed by atoms with Gasteiger partial charge in [-0.1, -0.05) is 6.07 Å². The maximum absolute atomic E-state index is 12.8. The Bertz CT molecular complexity index is 1190. The summed E-state index contributed by atoms with van der Waals surface area (Å²) in [7, 11) is -2.17. The molecule has 168 valence electrons. The average molecular weight is 474 g/mol. The van der Waals surface area contributed by atoms with E-state index in [-0.39, 0.29) is 15.5 Å². The van der Waals surface area contributed by atoms with Gasteiger partial charge in [-0.3, -0.25) is 4.72 Å². The third-order valence-corrected chi connectivity index (χ3v) is 8.07. The molecule has 0 radical (unpaired) electrons. The Morgan fingerprint density at radius 1 is 1.03 bits per heavy atom. The Morgan fingerprint density at radius 2 is 1.72 bits per heavy atom. The van der Waals surface area contributed by atoms with Gasteiger partial charge in [0, 0.05) is 31.9 Å². The van der Waals surface area contributed by atoms with Crippen molar-refractivity contribution in [1.29, 1.82) is 0 Å². The average Bonchev–Trinajstić information content (AvgIpc) is 3.35. The van der Waals surface area contributed by atoms with Gasteiger partial charge in [0.1, 0.15) is 9.96 Å². The number of hydrogen-bond donors (Lipinski definition) is 2. The highest BCUT2D eigenvalue weighted by Crippen LogP contribution is 2.32. The van der Waals surface area contributed by atoms with E-state index in [2.05, 4.69) is 14.5 Å². The van der Waals surface area contributed by atoms with Gasteiger partial charge in [0.25, 0.3) is 10.0 Å². The fourth-order valence-electron chi connectivity index (χ4n) is 3.64. The van der Waals surface area contributed by atoms with E-state index in [1.54, 1.807) is 24.6 Å². The molecule has 0 aliphatic carbocycles. The van der Waals surface area contributed by atoms with E-state index < -0.39 is 16.0 Å². The van der Waals surface area contributed by atoms with Crippen molar-refractivity contribution >= 4 is 44.4 Å². The highest BCUT2D eigenvalue weighted by molar-refractivity contribution is 7.94. The lowest BCUT2D eigenvalue weighted by Crippen LogP contribution is -2.46. The van der Waals surface area contributed by atoms with Crippen molar-refractivity contribution in [2.45, 2.75) is 4.21 Å². The van der Waals surface area contributed by atoms with Gasteiger partial charge < -0.3 is 19.6 Å². The Balaban J connectivity index is 1.56.